The molecule has 0 amide bonds. The zero-order chi connectivity index (χ0) is 13.7. The zero-order valence-electron chi connectivity index (χ0n) is 10.7. The van der Waals surface area contributed by atoms with Gasteiger partial charge in [-0.05, 0) is 29.3 Å². The molecule has 0 fully saturated rings. The molecule has 2 aromatic rings. The summed E-state index contributed by atoms with van der Waals surface area (Å²) in [7, 11) is 0. The monoisotopic (exact) mass is 308 g/mol. The van der Waals surface area contributed by atoms with E-state index in [-0.39, 0.29) is 0 Å². The molecule has 0 aliphatic carbocycles. The second kappa shape index (κ2) is 6.93. The SMILES string of the molecule is CCSc1cccc(NCc2cccs2)c1C(N)=S. The van der Waals surface area contributed by atoms with E-state index in [0.29, 0.717) is 4.99 Å². The van der Waals surface area contributed by atoms with E-state index in [2.05, 4.69) is 35.8 Å². The highest BCUT2D eigenvalue weighted by atomic mass is 32.2. The van der Waals surface area contributed by atoms with E-state index >= 15 is 0 Å². The van der Waals surface area contributed by atoms with Crippen LogP contribution in [0.15, 0.2) is 40.6 Å². The number of thiophene rings is 1. The molecule has 0 aliphatic heterocycles. The lowest BCUT2D eigenvalue weighted by Crippen LogP contribution is -2.14. The van der Waals surface area contributed by atoms with E-state index in [9.17, 15) is 0 Å². The number of anilines is 1. The molecule has 19 heavy (non-hydrogen) atoms. The molecule has 1 heterocycles. The smallest absolute Gasteiger partial charge is 0.107 e. The van der Waals surface area contributed by atoms with Gasteiger partial charge in [0.15, 0.2) is 0 Å². The molecule has 1 aromatic carbocycles. The fourth-order valence-corrected chi connectivity index (χ4v) is 3.58. The lowest BCUT2D eigenvalue weighted by atomic mass is 10.1. The first-order valence-electron chi connectivity index (χ1n) is 6.04. The summed E-state index contributed by atoms with van der Waals surface area (Å²) < 4.78 is 0. The van der Waals surface area contributed by atoms with Gasteiger partial charge in [0, 0.05) is 27.6 Å². The minimum atomic E-state index is 0.449. The van der Waals surface area contributed by atoms with Crippen LogP contribution >= 0.6 is 35.3 Å². The van der Waals surface area contributed by atoms with Crippen molar-refractivity contribution in [3.8, 4) is 0 Å². The molecule has 100 valence electrons. The van der Waals surface area contributed by atoms with Crippen molar-refractivity contribution >= 4 is 46.0 Å². The fourth-order valence-electron chi connectivity index (χ4n) is 1.80. The van der Waals surface area contributed by atoms with Gasteiger partial charge in [0.05, 0.1) is 0 Å². The van der Waals surface area contributed by atoms with Crippen LogP contribution < -0.4 is 11.1 Å². The van der Waals surface area contributed by atoms with Gasteiger partial charge in [0.25, 0.3) is 0 Å². The topological polar surface area (TPSA) is 38.0 Å². The van der Waals surface area contributed by atoms with Crippen molar-refractivity contribution in [3.63, 3.8) is 0 Å². The zero-order valence-corrected chi connectivity index (χ0v) is 13.1. The van der Waals surface area contributed by atoms with Gasteiger partial charge in [0.1, 0.15) is 4.99 Å². The van der Waals surface area contributed by atoms with E-state index in [1.165, 1.54) is 4.88 Å². The van der Waals surface area contributed by atoms with Crippen molar-refractivity contribution in [2.45, 2.75) is 18.4 Å². The summed E-state index contributed by atoms with van der Waals surface area (Å²) in [5.41, 5.74) is 7.85. The first-order valence-corrected chi connectivity index (χ1v) is 8.31. The largest absolute Gasteiger partial charge is 0.389 e. The summed E-state index contributed by atoms with van der Waals surface area (Å²) in [5, 5.41) is 5.50. The Hall–Kier alpha value is -1.04. The van der Waals surface area contributed by atoms with Crippen LogP contribution in [-0.4, -0.2) is 10.7 Å². The molecule has 5 heteroatoms. The van der Waals surface area contributed by atoms with Crippen LogP contribution in [0.25, 0.3) is 0 Å². The van der Waals surface area contributed by atoms with Crippen molar-refractivity contribution < 1.29 is 0 Å². The van der Waals surface area contributed by atoms with E-state index in [0.717, 1.165) is 28.4 Å². The maximum Gasteiger partial charge on any atom is 0.107 e. The van der Waals surface area contributed by atoms with Crippen molar-refractivity contribution in [3.05, 3.63) is 46.2 Å². The fraction of sp³-hybridized carbons (Fsp3) is 0.214. The molecule has 0 saturated carbocycles. The quantitative estimate of drug-likeness (QED) is 0.622. The molecule has 0 radical (unpaired) electrons. The molecule has 0 unspecified atom stereocenters. The van der Waals surface area contributed by atoms with E-state index in [1.807, 2.05) is 12.1 Å². The minimum Gasteiger partial charge on any atom is -0.389 e. The number of nitrogens with one attached hydrogen (secondary N) is 1. The van der Waals surface area contributed by atoms with Crippen molar-refractivity contribution in [2.75, 3.05) is 11.1 Å². The molecule has 0 spiro atoms. The average Bonchev–Trinajstić information content (AvgIpc) is 2.89. The molecule has 0 saturated heterocycles. The molecule has 2 nitrogen and oxygen atoms in total. The molecule has 0 atom stereocenters. The maximum absolute atomic E-state index is 5.88. The molecule has 0 bridgehead atoms. The lowest BCUT2D eigenvalue weighted by molar-refractivity contribution is 1.18. The van der Waals surface area contributed by atoms with Gasteiger partial charge in [-0.15, -0.1) is 23.1 Å². The summed E-state index contributed by atoms with van der Waals surface area (Å²) in [6.07, 6.45) is 0. The highest BCUT2D eigenvalue weighted by Gasteiger charge is 2.11. The van der Waals surface area contributed by atoms with Gasteiger partial charge >= 0.3 is 0 Å². The highest BCUT2D eigenvalue weighted by molar-refractivity contribution is 7.99. The third-order valence-electron chi connectivity index (χ3n) is 2.61. The van der Waals surface area contributed by atoms with Crippen molar-refractivity contribution in [1.82, 2.24) is 0 Å². The van der Waals surface area contributed by atoms with Gasteiger partial charge in [-0.3, -0.25) is 0 Å². The first kappa shape index (κ1) is 14.4. The Morgan fingerprint density at radius 2 is 2.21 bits per heavy atom. The van der Waals surface area contributed by atoms with Crippen LogP contribution in [0.3, 0.4) is 0 Å². The Kier molecular flexibility index (Phi) is 5.24. The number of thioether (sulfide) groups is 1. The summed E-state index contributed by atoms with van der Waals surface area (Å²) in [4.78, 5) is 2.89. The standard InChI is InChI=1S/C14H16N2S3/c1-2-18-12-7-3-6-11(13(12)14(15)17)16-9-10-5-4-8-19-10/h3-8,16H,2,9H2,1H3,(H2,15,17). The summed E-state index contributed by atoms with van der Waals surface area (Å²) in [5.74, 6) is 1.00. The predicted octanol–water partition coefficient (Wildman–Crippen LogP) is 4.11. The number of nitrogens with two attached hydrogens (primary N) is 1. The molecule has 3 N–H and O–H groups in total. The first-order chi connectivity index (χ1) is 9.22. The third kappa shape index (κ3) is 3.72. The number of rotatable bonds is 6. The lowest BCUT2D eigenvalue weighted by Gasteiger charge is -2.14. The number of benzene rings is 1. The van der Waals surface area contributed by atoms with Gasteiger partial charge in [-0.25, -0.2) is 0 Å². The second-order valence-electron chi connectivity index (χ2n) is 3.91. The summed E-state index contributed by atoms with van der Waals surface area (Å²) >= 11 is 8.69. The number of hydrogen-bond acceptors (Lipinski definition) is 4. The van der Waals surface area contributed by atoms with Gasteiger partial charge in [-0.2, -0.15) is 0 Å². The Labute approximate surface area is 127 Å². The summed E-state index contributed by atoms with van der Waals surface area (Å²) in [6.45, 7) is 2.92. The molecule has 2 rings (SSSR count). The third-order valence-corrected chi connectivity index (χ3v) is 4.63. The van der Waals surface area contributed by atoms with Gasteiger partial charge in [-0.1, -0.05) is 31.3 Å². The predicted molar refractivity (Wildman–Crippen MR) is 90.4 cm³/mol. The molecule has 0 aliphatic rings. The van der Waals surface area contributed by atoms with Crippen LogP contribution in [0, 0.1) is 0 Å². The average molecular weight is 308 g/mol. The van der Waals surface area contributed by atoms with Gasteiger partial charge < -0.3 is 11.1 Å². The van der Waals surface area contributed by atoms with Gasteiger partial charge in [0.2, 0.25) is 0 Å². The van der Waals surface area contributed by atoms with Crippen molar-refractivity contribution in [1.29, 1.82) is 0 Å². The van der Waals surface area contributed by atoms with Crippen molar-refractivity contribution in [2.24, 2.45) is 5.73 Å². The van der Waals surface area contributed by atoms with Crippen LogP contribution in [0.5, 0.6) is 0 Å². The minimum absolute atomic E-state index is 0.449. The molecule has 1 aromatic heterocycles. The molecular formula is C14H16N2S3. The Morgan fingerprint density at radius 1 is 1.37 bits per heavy atom. The molecular weight excluding hydrogens is 292 g/mol. The second-order valence-corrected chi connectivity index (χ2v) is 6.69. The van der Waals surface area contributed by atoms with E-state index in [1.54, 1.807) is 23.1 Å². The highest BCUT2D eigenvalue weighted by Crippen LogP contribution is 2.29. The number of thiocarbonyl (C=S) groups is 1. The van der Waals surface area contributed by atoms with E-state index in [4.69, 9.17) is 18.0 Å². The van der Waals surface area contributed by atoms with Crippen LogP contribution in [0.4, 0.5) is 5.69 Å². The van der Waals surface area contributed by atoms with Crippen LogP contribution in [0.2, 0.25) is 0 Å². The summed E-state index contributed by atoms with van der Waals surface area (Å²) in [6, 6.07) is 10.3. The Morgan fingerprint density at radius 3 is 2.84 bits per heavy atom. The Balaban J connectivity index is 2.23. The maximum atomic E-state index is 5.88. The van der Waals surface area contributed by atoms with Crippen LogP contribution in [0.1, 0.15) is 17.4 Å². The van der Waals surface area contributed by atoms with E-state index < -0.39 is 0 Å². The Bertz CT molecular complexity index is 550. The van der Waals surface area contributed by atoms with Crippen LogP contribution in [-0.2, 0) is 6.54 Å². The normalized spacial score (nSPS) is 10.4. The number of hydrogen-bond donors (Lipinski definition) is 2.